The highest BCUT2D eigenvalue weighted by atomic mass is 35.5. The van der Waals surface area contributed by atoms with Gasteiger partial charge in [0, 0.05) is 0 Å². The maximum absolute atomic E-state index is 5.68. The van der Waals surface area contributed by atoms with Gasteiger partial charge in [-0.1, -0.05) is 17.3 Å². The minimum atomic E-state index is 0.394. The molecule has 0 amide bonds. The molecule has 0 fully saturated rings. The van der Waals surface area contributed by atoms with Crippen LogP contribution in [0.4, 0.5) is 0 Å². The van der Waals surface area contributed by atoms with Crippen LogP contribution >= 0.6 is 11.6 Å². The molecule has 0 aliphatic rings. The van der Waals surface area contributed by atoms with Crippen molar-refractivity contribution in [2.75, 3.05) is 0 Å². The molecule has 0 spiro atoms. The summed E-state index contributed by atoms with van der Waals surface area (Å²) >= 11 is 5.68. The third kappa shape index (κ3) is 1.88. The number of hydrogen-bond acceptors (Lipinski definition) is 2. The van der Waals surface area contributed by atoms with Crippen LogP contribution in [0.3, 0.4) is 0 Å². The van der Waals surface area contributed by atoms with E-state index in [9.17, 15) is 0 Å². The Kier molecular flexibility index (Phi) is 2.73. The Morgan fingerprint density at radius 2 is 2.13 bits per heavy atom. The Bertz CT molecular complexity index is 476. The number of benzene rings is 1. The maximum Gasteiger partial charge on any atom is 0.0979 e. The molecule has 0 aliphatic carbocycles. The predicted molar refractivity (Wildman–Crippen MR) is 60.4 cm³/mol. The van der Waals surface area contributed by atoms with Crippen molar-refractivity contribution in [1.29, 1.82) is 0 Å². The standard InChI is InChI=1S/C11H12ClN3/c1-8-4-3-5-11(9(8)2)15-7-10(6-12)13-14-15/h3-5,7H,6H2,1-2H3. The van der Waals surface area contributed by atoms with Crippen molar-refractivity contribution in [1.82, 2.24) is 15.0 Å². The highest BCUT2D eigenvalue weighted by molar-refractivity contribution is 6.16. The molecule has 3 nitrogen and oxygen atoms in total. The van der Waals surface area contributed by atoms with Crippen molar-refractivity contribution in [2.24, 2.45) is 0 Å². The molecule has 0 N–H and O–H groups in total. The van der Waals surface area contributed by atoms with Crippen molar-refractivity contribution in [3.05, 3.63) is 41.2 Å². The molecule has 0 radical (unpaired) electrons. The molecule has 1 aromatic carbocycles. The Morgan fingerprint density at radius 3 is 2.80 bits per heavy atom. The largest absolute Gasteiger partial charge is 0.220 e. The maximum atomic E-state index is 5.68. The Morgan fingerprint density at radius 1 is 1.33 bits per heavy atom. The average molecular weight is 222 g/mol. The summed E-state index contributed by atoms with van der Waals surface area (Å²) in [5.74, 6) is 0.394. The highest BCUT2D eigenvalue weighted by Crippen LogP contribution is 2.16. The first-order valence-electron chi connectivity index (χ1n) is 4.76. The number of nitrogens with zero attached hydrogens (tertiary/aromatic N) is 3. The topological polar surface area (TPSA) is 30.7 Å². The van der Waals surface area contributed by atoms with Gasteiger partial charge in [0.15, 0.2) is 0 Å². The fourth-order valence-electron chi connectivity index (χ4n) is 1.46. The number of rotatable bonds is 2. The lowest BCUT2D eigenvalue weighted by molar-refractivity contribution is 0.794. The Balaban J connectivity index is 2.49. The van der Waals surface area contributed by atoms with Gasteiger partial charge < -0.3 is 0 Å². The van der Waals surface area contributed by atoms with Crippen LogP contribution < -0.4 is 0 Å². The molecule has 2 aromatic rings. The van der Waals surface area contributed by atoms with Crippen LogP contribution in [0, 0.1) is 13.8 Å². The first-order chi connectivity index (χ1) is 7.22. The monoisotopic (exact) mass is 221 g/mol. The summed E-state index contributed by atoms with van der Waals surface area (Å²) in [4.78, 5) is 0. The van der Waals surface area contributed by atoms with Crippen LogP contribution in [0.1, 0.15) is 16.8 Å². The second kappa shape index (κ2) is 4.03. The van der Waals surface area contributed by atoms with Crippen LogP contribution in [0.15, 0.2) is 24.4 Å². The second-order valence-corrected chi connectivity index (χ2v) is 3.77. The van der Waals surface area contributed by atoms with Crippen molar-refractivity contribution in [3.8, 4) is 5.69 Å². The lowest BCUT2D eigenvalue weighted by Crippen LogP contribution is -1.99. The summed E-state index contributed by atoms with van der Waals surface area (Å²) in [7, 11) is 0. The van der Waals surface area contributed by atoms with E-state index in [4.69, 9.17) is 11.6 Å². The van der Waals surface area contributed by atoms with E-state index in [1.165, 1.54) is 11.1 Å². The number of alkyl halides is 1. The van der Waals surface area contributed by atoms with Crippen LogP contribution in [0.25, 0.3) is 5.69 Å². The Labute approximate surface area is 93.7 Å². The molecular weight excluding hydrogens is 210 g/mol. The summed E-state index contributed by atoms with van der Waals surface area (Å²) in [5.41, 5.74) is 4.30. The first kappa shape index (κ1) is 10.2. The van der Waals surface area contributed by atoms with E-state index in [-0.39, 0.29) is 0 Å². The van der Waals surface area contributed by atoms with Crippen molar-refractivity contribution >= 4 is 11.6 Å². The smallest absolute Gasteiger partial charge is 0.0979 e. The first-order valence-corrected chi connectivity index (χ1v) is 5.29. The highest BCUT2D eigenvalue weighted by Gasteiger charge is 2.05. The molecule has 0 unspecified atom stereocenters. The van der Waals surface area contributed by atoms with Gasteiger partial charge in [0.1, 0.15) is 0 Å². The Hall–Kier alpha value is -1.35. The lowest BCUT2D eigenvalue weighted by atomic mass is 10.1. The third-order valence-electron chi connectivity index (χ3n) is 2.50. The van der Waals surface area contributed by atoms with Crippen molar-refractivity contribution < 1.29 is 0 Å². The van der Waals surface area contributed by atoms with E-state index in [0.29, 0.717) is 5.88 Å². The van der Waals surface area contributed by atoms with Gasteiger partial charge in [0.2, 0.25) is 0 Å². The predicted octanol–water partition coefficient (Wildman–Crippen LogP) is 2.62. The van der Waals surface area contributed by atoms with Crippen molar-refractivity contribution in [2.45, 2.75) is 19.7 Å². The lowest BCUT2D eigenvalue weighted by Gasteiger charge is -2.06. The molecule has 0 aliphatic heterocycles. The number of halogens is 1. The van der Waals surface area contributed by atoms with Gasteiger partial charge in [-0.2, -0.15) is 0 Å². The summed E-state index contributed by atoms with van der Waals surface area (Å²) in [6.07, 6.45) is 1.86. The molecule has 1 heterocycles. The number of aromatic nitrogens is 3. The second-order valence-electron chi connectivity index (χ2n) is 3.51. The summed E-state index contributed by atoms with van der Waals surface area (Å²) < 4.78 is 1.76. The summed E-state index contributed by atoms with van der Waals surface area (Å²) in [6, 6.07) is 6.12. The summed E-state index contributed by atoms with van der Waals surface area (Å²) in [5, 5.41) is 8.00. The zero-order valence-corrected chi connectivity index (χ0v) is 9.49. The van der Waals surface area contributed by atoms with Gasteiger partial charge >= 0.3 is 0 Å². The van der Waals surface area contributed by atoms with E-state index in [1.54, 1.807) is 4.68 Å². The van der Waals surface area contributed by atoms with Gasteiger partial charge in [0.25, 0.3) is 0 Å². The normalized spacial score (nSPS) is 10.6. The molecule has 2 rings (SSSR count). The summed E-state index contributed by atoms with van der Waals surface area (Å²) in [6.45, 7) is 4.16. The van der Waals surface area contributed by atoms with Crippen LogP contribution in [0.5, 0.6) is 0 Å². The molecule has 1 aromatic heterocycles. The number of aryl methyl sites for hydroxylation is 1. The molecule has 0 saturated carbocycles. The molecule has 15 heavy (non-hydrogen) atoms. The molecule has 0 bridgehead atoms. The fourth-order valence-corrected chi connectivity index (χ4v) is 1.58. The third-order valence-corrected chi connectivity index (χ3v) is 2.77. The van der Waals surface area contributed by atoms with E-state index in [0.717, 1.165) is 11.4 Å². The van der Waals surface area contributed by atoms with Crippen LogP contribution in [-0.2, 0) is 5.88 Å². The van der Waals surface area contributed by atoms with Gasteiger partial charge in [-0.15, -0.1) is 16.7 Å². The average Bonchev–Trinajstić information content (AvgIpc) is 2.70. The van der Waals surface area contributed by atoms with Gasteiger partial charge in [-0.3, -0.25) is 0 Å². The van der Waals surface area contributed by atoms with E-state index in [2.05, 4.69) is 30.2 Å². The molecule has 0 saturated heterocycles. The number of hydrogen-bond donors (Lipinski definition) is 0. The minimum absolute atomic E-state index is 0.394. The fraction of sp³-hybridized carbons (Fsp3) is 0.273. The minimum Gasteiger partial charge on any atom is -0.220 e. The zero-order valence-electron chi connectivity index (χ0n) is 8.74. The van der Waals surface area contributed by atoms with E-state index < -0.39 is 0 Å². The molecular formula is C11H12ClN3. The van der Waals surface area contributed by atoms with Gasteiger partial charge in [-0.25, -0.2) is 4.68 Å². The molecule has 4 heteroatoms. The van der Waals surface area contributed by atoms with Crippen LogP contribution in [-0.4, -0.2) is 15.0 Å². The SMILES string of the molecule is Cc1cccc(-n2cc(CCl)nn2)c1C. The molecule has 0 atom stereocenters. The molecule has 78 valence electrons. The van der Waals surface area contributed by atoms with Gasteiger partial charge in [0.05, 0.1) is 23.5 Å². The van der Waals surface area contributed by atoms with E-state index in [1.807, 2.05) is 18.3 Å². The van der Waals surface area contributed by atoms with Crippen LogP contribution in [0.2, 0.25) is 0 Å². The quantitative estimate of drug-likeness (QED) is 0.730. The van der Waals surface area contributed by atoms with Crippen molar-refractivity contribution in [3.63, 3.8) is 0 Å². The van der Waals surface area contributed by atoms with Gasteiger partial charge in [-0.05, 0) is 31.0 Å². The van der Waals surface area contributed by atoms with E-state index >= 15 is 0 Å². The zero-order chi connectivity index (χ0) is 10.8.